The van der Waals surface area contributed by atoms with Gasteiger partial charge >= 0.3 is 0 Å². The predicted octanol–water partition coefficient (Wildman–Crippen LogP) is 3.38. The summed E-state index contributed by atoms with van der Waals surface area (Å²) in [5.41, 5.74) is 0.682. The van der Waals surface area contributed by atoms with Crippen molar-refractivity contribution in [1.29, 1.82) is 0 Å². The van der Waals surface area contributed by atoms with Crippen LogP contribution >= 0.6 is 23.2 Å². The van der Waals surface area contributed by atoms with Gasteiger partial charge in [-0.05, 0) is 26.5 Å². The summed E-state index contributed by atoms with van der Waals surface area (Å²) in [6.45, 7) is 3.52. The van der Waals surface area contributed by atoms with E-state index in [-0.39, 0.29) is 0 Å². The predicted molar refractivity (Wildman–Crippen MR) is 80.0 cm³/mol. The Hall–Kier alpha value is -0.320. The van der Waals surface area contributed by atoms with Crippen LogP contribution in [-0.2, 0) is 4.74 Å². The van der Waals surface area contributed by atoms with Crippen LogP contribution in [0.1, 0.15) is 25.0 Å². The Morgan fingerprint density at radius 3 is 2.68 bits per heavy atom. The number of aliphatic hydroxyl groups excluding tert-OH is 1. The second kappa shape index (κ2) is 8.08. The van der Waals surface area contributed by atoms with E-state index in [1.807, 2.05) is 7.05 Å². The van der Waals surface area contributed by atoms with E-state index in [0.717, 1.165) is 6.54 Å². The Labute approximate surface area is 125 Å². The van der Waals surface area contributed by atoms with Gasteiger partial charge in [0.1, 0.15) is 0 Å². The first kappa shape index (κ1) is 16.7. The number of halogens is 2. The Morgan fingerprint density at radius 1 is 1.37 bits per heavy atom. The minimum Gasteiger partial charge on any atom is -0.388 e. The lowest BCUT2D eigenvalue weighted by molar-refractivity contribution is 0.0961. The van der Waals surface area contributed by atoms with Crippen molar-refractivity contribution in [3.63, 3.8) is 0 Å². The minimum atomic E-state index is -0.608. The van der Waals surface area contributed by atoms with Crippen molar-refractivity contribution in [3.8, 4) is 0 Å². The van der Waals surface area contributed by atoms with Crippen LogP contribution in [-0.4, -0.2) is 43.4 Å². The number of ether oxygens (including phenoxy) is 1. The van der Waals surface area contributed by atoms with Crippen molar-refractivity contribution in [1.82, 2.24) is 4.90 Å². The molecule has 0 heterocycles. The number of hydrogen-bond acceptors (Lipinski definition) is 3. The second-order valence-corrected chi connectivity index (χ2v) is 5.52. The van der Waals surface area contributed by atoms with E-state index in [9.17, 15) is 5.11 Å². The van der Waals surface area contributed by atoms with Gasteiger partial charge in [-0.2, -0.15) is 0 Å². The molecule has 3 nitrogen and oxygen atoms in total. The van der Waals surface area contributed by atoms with Gasteiger partial charge < -0.3 is 14.7 Å². The molecule has 108 valence electrons. The van der Waals surface area contributed by atoms with Gasteiger partial charge in [-0.25, -0.2) is 0 Å². The van der Waals surface area contributed by atoms with Gasteiger partial charge in [0.05, 0.1) is 22.8 Å². The van der Waals surface area contributed by atoms with E-state index in [1.165, 1.54) is 0 Å². The van der Waals surface area contributed by atoms with Crippen LogP contribution in [0.25, 0.3) is 0 Å². The molecule has 0 spiro atoms. The quantitative estimate of drug-likeness (QED) is 0.838. The average molecular weight is 306 g/mol. The molecule has 2 atom stereocenters. The fourth-order valence-electron chi connectivity index (χ4n) is 1.85. The molecule has 1 aromatic rings. The lowest BCUT2D eigenvalue weighted by atomic mass is 10.1. The summed E-state index contributed by atoms with van der Waals surface area (Å²) in [5, 5.41) is 11.1. The second-order valence-electron chi connectivity index (χ2n) is 4.73. The molecule has 0 aliphatic rings. The number of methoxy groups -OCH3 is 1. The van der Waals surface area contributed by atoms with Crippen molar-refractivity contribution in [2.75, 3.05) is 27.3 Å². The fraction of sp³-hybridized carbons (Fsp3) is 0.571. The third-order valence-electron chi connectivity index (χ3n) is 3.26. The highest BCUT2D eigenvalue weighted by molar-refractivity contribution is 6.42. The molecular formula is C14H21Cl2NO2. The summed E-state index contributed by atoms with van der Waals surface area (Å²) in [5.74, 6) is 0. The van der Waals surface area contributed by atoms with Crippen LogP contribution in [0.4, 0.5) is 0 Å². The van der Waals surface area contributed by atoms with Crippen LogP contribution < -0.4 is 0 Å². The Bertz CT molecular complexity index is 401. The molecule has 5 heteroatoms. The SMILES string of the molecule is COCC(C)N(C)CCC(O)c1cccc(Cl)c1Cl. The maximum absolute atomic E-state index is 10.2. The third-order valence-corrected chi connectivity index (χ3v) is 4.09. The van der Waals surface area contributed by atoms with Crippen molar-refractivity contribution in [3.05, 3.63) is 33.8 Å². The van der Waals surface area contributed by atoms with Gasteiger partial charge in [-0.15, -0.1) is 0 Å². The highest BCUT2D eigenvalue weighted by Gasteiger charge is 2.16. The molecule has 19 heavy (non-hydrogen) atoms. The van der Waals surface area contributed by atoms with E-state index in [1.54, 1.807) is 25.3 Å². The van der Waals surface area contributed by atoms with E-state index in [4.69, 9.17) is 27.9 Å². The number of hydrogen-bond donors (Lipinski definition) is 1. The molecule has 0 bridgehead atoms. The molecule has 1 aromatic carbocycles. The lowest BCUT2D eigenvalue weighted by Crippen LogP contribution is -2.34. The zero-order valence-electron chi connectivity index (χ0n) is 11.6. The highest BCUT2D eigenvalue weighted by Crippen LogP contribution is 2.31. The van der Waals surface area contributed by atoms with Crippen molar-refractivity contribution < 1.29 is 9.84 Å². The Balaban J connectivity index is 2.55. The maximum Gasteiger partial charge on any atom is 0.0817 e. The third kappa shape index (κ3) is 4.93. The van der Waals surface area contributed by atoms with Crippen LogP contribution in [0.2, 0.25) is 10.0 Å². The van der Waals surface area contributed by atoms with Crippen LogP contribution in [0.15, 0.2) is 18.2 Å². The van der Waals surface area contributed by atoms with Crippen LogP contribution in [0.3, 0.4) is 0 Å². The van der Waals surface area contributed by atoms with Crippen molar-refractivity contribution >= 4 is 23.2 Å². The highest BCUT2D eigenvalue weighted by atomic mass is 35.5. The fourth-order valence-corrected chi connectivity index (χ4v) is 2.28. The molecule has 2 unspecified atom stereocenters. The summed E-state index contributed by atoms with van der Waals surface area (Å²) >= 11 is 12.0. The summed E-state index contributed by atoms with van der Waals surface area (Å²) in [6.07, 6.45) is -0.00617. The monoisotopic (exact) mass is 305 g/mol. The lowest BCUT2D eigenvalue weighted by Gasteiger charge is -2.25. The molecule has 0 saturated carbocycles. The molecule has 0 aromatic heterocycles. The van der Waals surface area contributed by atoms with Crippen molar-refractivity contribution in [2.24, 2.45) is 0 Å². The number of rotatable bonds is 7. The normalized spacial score (nSPS) is 14.7. The Kier molecular flexibility index (Phi) is 7.11. The topological polar surface area (TPSA) is 32.7 Å². The number of nitrogens with zero attached hydrogens (tertiary/aromatic N) is 1. The smallest absolute Gasteiger partial charge is 0.0817 e. The van der Waals surface area contributed by atoms with Gasteiger partial charge in [-0.1, -0.05) is 35.3 Å². The van der Waals surface area contributed by atoms with Crippen LogP contribution in [0.5, 0.6) is 0 Å². The maximum atomic E-state index is 10.2. The number of aliphatic hydroxyl groups is 1. The zero-order chi connectivity index (χ0) is 14.4. The number of likely N-dealkylation sites (N-methyl/N-ethyl adjacent to an activating group) is 1. The molecular weight excluding hydrogens is 285 g/mol. The van der Waals surface area contributed by atoms with Crippen LogP contribution in [0, 0.1) is 0 Å². The average Bonchev–Trinajstić information content (AvgIpc) is 2.39. The van der Waals surface area contributed by atoms with E-state index in [0.29, 0.717) is 34.7 Å². The first-order chi connectivity index (χ1) is 8.97. The first-order valence-electron chi connectivity index (χ1n) is 6.28. The van der Waals surface area contributed by atoms with E-state index >= 15 is 0 Å². The largest absolute Gasteiger partial charge is 0.388 e. The van der Waals surface area contributed by atoms with Gasteiger partial charge in [0.15, 0.2) is 0 Å². The zero-order valence-corrected chi connectivity index (χ0v) is 13.1. The molecule has 0 amide bonds. The van der Waals surface area contributed by atoms with Gasteiger partial charge in [0.25, 0.3) is 0 Å². The van der Waals surface area contributed by atoms with Gasteiger partial charge in [-0.3, -0.25) is 0 Å². The molecule has 0 radical (unpaired) electrons. The van der Waals surface area contributed by atoms with Gasteiger partial charge in [0.2, 0.25) is 0 Å². The molecule has 1 N–H and O–H groups in total. The molecule has 0 fully saturated rings. The molecule has 0 aliphatic carbocycles. The summed E-state index contributed by atoms with van der Waals surface area (Å²) in [4.78, 5) is 2.14. The summed E-state index contributed by atoms with van der Waals surface area (Å²) in [7, 11) is 3.70. The first-order valence-corrected chi connectivity index (χ1v) is 7.04. The number of benzene rings is 1. The Morgan fingerprint density at radius 2 is 2.05 bits per heavy atom. The summed E-state index contributed by atoms with van der Waals surface area (Å²) < 4.78 is 5.11. The van der Waals surface area contributed by atoms with E-state index in [2.05, 4.69) is 11.8 Å². The van der Waals surface area contributed by atoms with Crippen molar-refractivity contribution in [2.45, 2.75) is 25.5 Å². The molecule has 0 aliphatic heterocycles. The molecule has 0 saturated heterocycles. The summed E-state index contributed by atoms with van der Waals surface area (Å²) in [6, 6.07) is 5.63. The van der Waals surface area contributed by atoms with Gasteiger partial charge in [0, 0.05) is 25.3 Å². The van der Waals surface area contributed by atoms with E-state index < -0.39 is 6.10 Å². The minimum absolute atomic E-state index is 0.312. The standard InChI is InChI=1S/C14H21Cl2NO2/c1-10(9-19-3)17(2)8-7-13(18)11-5-4-6-12(15)14(11)16/h4-6,10,13,18H,7-9H2,1-3H3. The molecule has 1 rings (SSSR count).